The van der Waals surface area contributed by atoms with Gasteiger partial charge in [0.05, 0.1) is 0 Å². The minimum atomic E-state index is -0.742. The molecule has 1 aliphatic carbocycles. The fourth-order valence-electron chi connectivity index (χ4n) is 1.91. The first kappa shape index (κ1) is 6.95. The molecule has 0 spiro atoms. The predicted molar refractivity (Wildman–Crippen MR) is 40.4 cm³/mol. The van der Waals surface area contributed by atoms with Gasteiger partial charge in [-0.2, -0.15) is 0 Å². The van der Waals surface area contributed by atoms with Crippen molar-refractivity contribution in [1.29, 1.82) is 0 Å². The van der Waals surface area contributed by atoms with E-state index < -0.39 is 6.09 Å². The quantitative estimate of drug-likeness (QED) is 0.621. The highest BCUT2D eigenvalue weighted by molar-refractivity contribution is 5.65. The Balaban J connectivity index is 1.87. The molecule has 2 fully saturated rings. The summed E-state index contributed by atoms with van der Waals surface area (Å²) in [6.07, 6.45) is 3.01. The Morgan fingerprint density at radius 1 is 1.27 bits per heavy atom. The van der Waals surface area contributed by atoms with E-state index in [1.54, 1.807) is 4.90 Å². The van der Waals surface area contributed by atoms with Crippen LogP contribution in [0.2, 0.25) is 0 Å². The molecule has 0 aromatic heterocycles. The molecule has 1 saturated heterocycles. The lowest BCUT2D eigenvalue weighted by Crippen LogP contribution is -2.26. The van der Waals surface area contributed by atoms with Crippen LogP contribution in [0.1, 0.15) is 19.3 Å². The largest absolute Gasteiger partial charge is 0.465 e. The van der Waals surface area contributed by atoms with E-state index in [0.717, 1.165) is 25.4 Å². The van der Waals surface area contributed by atoms with Gasteiger partial charge in [0.15, 0.2) is 0 Å². The molecule has 3 nitrogen and oxygen atoms in total. The summed E-state index contributed by atoms with van der Waals surface area (Å²) in [6, 6.07) is 0. The van der Waals surface area contributed by atoms with Gasteiger partial charge in [0.1, 0.15) is 0 Å². The van der Waals surface area contributed by atoms with Crippen LogP contribution >= 0.6 is 0 Å². The number of nitrogens with zero attached hydrogens (tertiary/aromatic N) is 1. The summed E-state index contributed by atoms with van der Waals surface area (Å²) >= 11 is 0. The van der Waals surface area contributed by atoms with Gasteiger partial charge in [-0.1, -0.05) is 0 Å². The molecule has 62 valence electrons. The number of amides is 1. The number of hydrogen-bond donors (Lipinski definition) is 1. The number of hydrogen-bond acceptors (Lipinski definition) is 1. The minimum Gasteiger partial charge on any atom is -0.465 e. The van der Waals surface area contributed by atoms with Crippen LogP contribution in [0.25, 0.3) is 0 Å². The van der Waals surface area contributed by atoms with E-state index in [1.807, 2.05) is 0 Å². The summed E-state index contributed by atoms with van der Waals surface area (Å²) in [7, 11) is 0. The first-order chi connectivity index (χ1) is 5.27. The predicted octanol–water partition coefficient (Wildman–Crippen LogP) is 1.40. The van der Waals surface area contributed by atoms with Gasteiger partial charge < -0.3 is 10.0 Å². The number of carboxylic acid groups (broad SMARTS) is 1. The molecule has 11 heavy (non-hydrogen) atoms. The molecule has 0 bridgehead atoms. The van der Waals surface area contributed by atoms with Crippen molar-refractivity contribution in [1.82, 2.24) is 4.90 Å². The van der Waals surface area contributed by atoms with Gasteiger partial charge in [-0.3, -0.25) is 0 Å². The summed E-state index contributed by atoms with van der Waals surface area (Å²) in [5, 5.41) is 8.66. The highest BCUT2D eigenvalue weighted by atomic mass is 16.4. The van der Waals surface area contributed by atoms with E-state index in [-0.39, 0.29) is 0 Å². The molecule has 1 N–H and O–H groups in total. The zero-order valence-electron chi connectivity index (χ0n) is 6.49. The Labute approximate surface area is 66.0 Å². The molecular weight excluding hydrogens is 142 g/mol. The van der Waals surface area contributed by atoms with Gasteiger partial charge in [-0.05, 0) is 31.1 Å². The van der Waals surface area contributed by atoms with E-state index in [0.29, 0.717) is 5.92 Å². The number of rotatable bonds is 1. The molecule has 0 aromatic rings. The van der Waals surface area contributed by atoms with Crippen molar-refractivity contribution in [3.05, 3.63) is 0 Å². The standard InChI is InChI=1S/C8H13NO2/c10-8(11)9-4-3-7(5-9)6-1-2-6/h6-7H,1-5H2,(H,10,11). The lowest BCUT2D eigenvalue weighted by atomic mass is 10.0. The maximum atomic E-state index is 10.5. The van der Waals surface area contributed by atoms with E-state index in [4.69, 9.17) is 5.11 Å². The van der Waals surface area contributed by atoms with Gasteiger partial charge in [0, 0.05) is 13.1 Å². The Bertz CT molecular complexity index is 177. The molecule has 2 rings (SSSR count). The lowest BCUT2D eigenvalue weighted by Gasteiger charge is -2.10. The van der Waals surface area contributed by atoms with Crippen LogP contribution in [-0.4, -0.2) is 29.2 Å². The minimum absolute atomic E-state index is 0.686. The Kier molecular flexibility index (Phi) is 1.51. The monoisotopic (exact) mass is 155 g/mol. The second kappa shape index (κ2) is 2.40. The topological polar surface area (TPSA) is 40.5 Å². The molecule has 1 unspecified atom stereocenters. The van der Waals surface area contributed by atoms with Crippen LogP contribution in [0.4, 0.5) is 4.79 Å². The van der Waals surface area contributed by atoms with Gasteiger partial charge in [-0.15, -0.1) is 0 Å². The maximum Gasteiger partial charge on any atom is 0.407 e. The summed E-state index contributed by atoms with van der Waals surface area (Å²) in [5.74, 6) is 1.55. The summed E-state index contributed by atoms with van der Waals surface area (Å²) < 4.78 is 0. The highest BCUT2D eigenvalue weighted by Crippen LogP contribution is 2.41. The van der Waals surface area contributed by atoms with Crippen molar-refractivity contribution in [2.75, 3.05) is 13.1 Å². The van der Waals surface area contributed by atoms with E-state index in [1.165, 1.54) is 12.8 Å². The van der Waals surface area contributed by atoms with Crippen LogP contribution in [0, 0.1) is 11.8 Å². The average Bonchev–Trinajstić information content (AvgIpc) is 2.68. The zero-order chi connectivity index (χ0) is 7.84. The van der Waals surface area contributed by atoms with Gasteiger partial charge >= 0.3 is 6.09 Å². The molecule has 0 radical (unpaired) electrons. The summed E-state index contributed by atoms with van der Waals surface area (Å²) in [6.45, 7) is 1.55. The van der Waals surface area contributed by atoms with Gasteiger partial charge in [0.25, 0.3) is 0 Å². The van der Waals surface area contributed by atoms with E-state index in [9.17, 15) is 4.79 Å². The van der Waals surface area contributed by atoms with E-state index >= 15 is 0 Å². The molecule has 3 heteroatoms. The van der Waals surface area contributed by atoms with Crippen LogP contribution in [0.15, 0.2) is 0 Å². The molecule has 0 aromatic carbocycles. The van der Waals surface area contributed by atoms with Crippen molar-refractivity contribution in [3.8, 4) is 0 Å². The Morgan fingerprint density at radius 2 is 2.00 bits per heavy atom. The second-order valence-electron chi connectivity index (χ2n) is 3.61. The number of carbonyl (C=O) groups is 1. The molecular formula is C8H13NO2. The van der Waals surface area contributed by atoms with Gasteiger partial charge in [0.2, 0.25) is 0 Å². The maximum absolute atomic E-state index is 10.5. The molecule has 1 heterocycles. The number of likely N-dealkylation sites (tertiary alicyclic amines) is 1. The molecule has 2 aliphatic rings. The summed E-state index contributed by atoms with van der Waals surface area (Å²) in [5.41, 5.74) is 0. The van der Waals surface area contributed by atoms with Crippen molar-refractivity contribution >= 4 is 6.09 Å². The van der Waals surface area contributed by atoms with Crippen LogP contribution < -0.4 is 0 Å². The molecule has 1 saturated carbocycles. The van der Waals surface area contributed by atoms with E-state index in [2.05, 4.69) is 0 Å². The zero-order valence-corrected chi connectivity index (χ0v) is 6.49. The highest BCUT2D eigenvalue weighted by Gasteiger charge is 2.37. The first-order valence-electron chi connectivity index (χ1n) is 4.25. The average molecular weight is 155 g/mol. The lowest BCUT2D eigenvalue weighted by molar-refractivity contribution is 0.153. The SMILES string of the molecule is O=C(O)N1CCC(C2CC2)C1. The van der Waals surface area contributed by atoms with Crippen molar-refractivity contribution in [2.24, 2.45) is 11.8 Å². The molecule has 1 aliphatic heterocycles. The fraction of sp³-hybridized carbons (Fsp3) is 0.875. The second-order valence-corrected chi connectivity index (χ2v) is 3.61. The smallest absolute Gasteiger partial charge is 0.407 e. The first-order valence-corrected chi connectivity index (χ1v) is 4.25. The van der Waals surface area contributed by atoms with Crippen molar-refractivity contribution < 1.29 is 9.90 Å². The van der Waals surface area contributed by atoms with Crippen LogP contribution in [-0.2, 0) is 0 Å². The third-order valence-corrected chi connectivity index (χ3v) is 2.78. The molecule has 1 atom stereocenters. The normalized spacial score (nSPS) is 30.9. The third kappa shape index (κ3) is 1.32. The van der Waals surface area contributed by atoms with Crippen molar-refractivity contribution in [3.63, 3.8) is 0 Å². The molecule has 1 amide bonds. The van der Waals surface area contributed by atoms with Gasteiger partial charge in [-0.25, -0.2) is 4.79 Å². The van der Waals surface area contributed by atoms with Crippen LogP contribution in [0.3, 0.4) is 0 Å². The summed E-state index contributed by atoms with van der Waals surface area (Å²) in [4.78, 5) is 12.1. The third-order valence-electron chi connectivity index (χ3n) is 2.78. The Morgan fingerprint density at radius 3 is 2.45 bits per heavy atom. The van der Waals surface area contributed by atoms with Crippen LogP contribution in [0.5, 0.6) is 0 Å². The Hall–Kier alpha value is -0.730. The fourth-order valence-corrected chi connectivity index (χ4v) is 1.91. The van der Waals surface area contributed by atoms with Crippen molar-refractivity contribution in [2.45, 2.75) is 19.3 Å².